The Morgan fingerprint density at radius 2 is 1.79 bits per heavy atom. The largest absolute Gasteiger partial charge is 0.480 e. The second kappa shape index (κ2) is 7.80. The lowest BCUT2D eigenvalue weighted by Gasteiger charge is -2.16. The van der Waals surface area contributed by atoms with Crippen LogP contribution in [0, 0.1) is 13.8 Å². The highest BCUT2D eigenvalue weighted by atomic mass is 19.4. The molecule has 0 saturated heterocycles. The molecular formula is C15H17F3N2O4. The monoisotopic (exact) mass is 346 g/mol. The SMILES string of the molecule is Cc1ccc(C(=O)NCC(=O)NC(CC(F)(F)F)C(=O)O)cc1C. The summed E-state index contributed by atoms with van der Waals surface area (Å²) in [6, 6.07) is 2.76. The Morgan fingerprint density at radius 1 is 1.17 bits per heavy atom. The standard InChI is InChI=1S/C15H17F3N2O4/c1-8-3-4-10(5-9(8)2)13(22)19-7-12(21)20-11(14(23)24)6-15(16,17)18/h3-5,11H,6-7H2,1-2H3,(H,19,22)(H,20,21)(H,23,24). The first-order valence-electron chi connectivity index (χ1n) is 6.94. The van der Waals surface area contributed by atoms with E-state index >= 15 is 0 Å². The highest BCUT2D eigenvalue weighted by Gasteiger charge is 2.36. The Balaban J connectivity index is 2.59. The average molecular weight is 346 g/mol. The van der Waals surface area contributed by atoms with Crippen LogP contribution >= 0.6 is 0 Å². The van der Waals surface area contributed by atoms with Gasteiger partial charge < -0.3 is 15.7 Å². The molecule has 0 aliphatic carbocycles. The molecule has 0 saturated carbocycles. The fourth-order valence-electron chi connectivity index (χ4n) is 1.82. The second-order valence-corrected chi connectivity index (χ2v) is 5.26. The first-order chi connectivity index (χ1) is 11.0. The van der Waals surface area contributed by atoms with Gasteiger partial charge in [-0.05, 0) is 37.1 Å². The van der Waals surface area contributed by atoms with Crippen molar-refractivity contribution in [1.82, 2.24) is 10.6 Å². The molecular weight excluding hydrogens is 329 g/mol. The summed E-state index contributed by atoms with van der Waals surface area (Å²) < 4.78 is 36.7. The normalized spacial score (nSPS) is 12.4. The fraction of sp³-hybridized carbons (Fsp3) is 0.400. The number of carboxylic acids is 1. The van der Waals surface area contributed by atoms with Gasteiger partial charge in [0.25, 0.3) is 5.91 Å². The van der Waals surface area contributed by atoms with Gasteiger partial charge in [0.05, 0.1) is 13.0 Å². The molecule has 1 aromatic carbocycles. The number of hydrogen-bond donors (Lipinski definition) is 3. The van der Waals surface area contributed by atoms with E-state index < -0.39 is 43.0 Å². The molecule has 1 unspecified atom stereocenters. The van der Waals surface area contributed by atoms with Crippen LogP contribution in [0.3, 0.4) is 0 Å². The molecule has 1 rings (SSSR count). The summed E-state index contributed by atoms with van der Waals surface area (Å²) >= 11 is 0. The molecule has 132 valence electrons. The topological polar surface area (TPSA) is 95.5 Å². The molecule has 0 aliphatic heterocycles. The predicted molar refractivity (Wildman–Crippen MR) is 78.5 cm³/mol. The zero-order chi connectivity index (χ0) is 18.5. The Morgan fingerprint density at radius 3 is 2.29 bits per heavy atom. The van der Waals surface area contributed by atoms with Crippen molar-refractivity contribution in [1.29, 1.82) is 0 Å². The molecule has 0 spiro atoms. The zero-order valence-corrected chi connectivity index (χ0v) is 13.0. The van der Waals surface area contributed by atoms with Crippen LogP contribution in [-0.2, 0) is 9.59 Å². The van der Waals surface area contributed by atoms with Crippen LogP contribution in [0.4, 0.5) is 13.2 Å². The van der Waals surface area contributed by atoms with Crippen molar-refractivity contribution >= 4 is 17.8 Å². The highest BCUT2D eigenvalue weighted by Crippen LogP contribution is 2.21. The zero-order valence-electron chi connectivity index (χ0n) is 13.0. The Labute approximate surface area is 136 Å². The number of aryl methyl sites for hydroxylation is 2. The number of halogens is 3. The number of carbonyl (C=O) groups excluding carboxylic acids is 2. The minimum Gasteiger partial charge on any atom is -0.480 e. The van der Waals surface area contributed by atoms with Crippen molar-refractivity contribution in [2.45, 2.75) is 32.5 Å². The van der Waals surface area contributed by atoms with Gasteiger partial charge in [-0.15, -0.1) is 0 Å². The van der Waals surface area contributed by atoms with Crippen LogP contribution in [0.2, 0.25) is 0 Å². The van der Waals surface area contributed by atoms with Crippen molar-refractivity contribution in [3.05, 3.63) is 34.9 Å². The maximum Gasteiger partial charge on any atom is 0.391 e. The van der Waals surface area contributed by atoms with E-state index in [1.165, 1.54) is 0 Å². The number of benzene rings is 1. The number of carbonyl (C=O) groups is 3. The van der Waals surface area contributed by atoms with Gasteiger partial charge in [-0.2, -0.15) is 13.2 Å². The van der Waals surface area contributed by atoms with E-state index in [1.807, 2.05) is 6.92 Å². The van der Waals surface area contributed by atoms with Crippen LogP contribution in [0.1, 0.15) is 27.9 Å². The molecule has 3 N–H and O–H groups in total. The number of alkyl halides is 3. The number of rotatable bonds is 6. The summed E-state index contributed by atoms with van der Waals surface area (Å²) in [6.45, 7) is 3.03. The van der Waals surface area contributed by atoms with Gasteiger partial charge in [-0.1, -0.05) is 6.07 Å². The molecule has 24 heavy (non-hydrogen) atoms. The average Bonchev–Trinajstić information content (AvgIpc) is 2.45. The van der Waals surface area contributed by atoms with Crippen molar-refractivity contribution in [2.75, 3.05) is 6.54 Å². The van der Waals surface area contributed by atoms with Crippen LogP contribution in [-0.4, -0.2) is 41.7 Å². The quantitative estimate of drug-likeness (QED) is 0.728. The summed E-state index contributed by atoms with van der Waals surface area (Å²) in [5.74, 6) is -3.42. The van der Waals surface area contributed by atoms with Gasteiger partial charge in [0.2, 0.25) is 5.91 Å². The fourth-order valence-corrected chi connectivity index (χ4v) is 1.82. The van der Waals surface area contributed by atoms with Crippen molar-refractivity contribution in [3.63, 3.8) is 0 Å². The van der Waals surface area contributed by atoms with Crippen molar-refractivity contribution in [2.24, 2.45) is 0 Å². The first-order valence-corrected chi connectivity index (χ1v) is 6.94. The number of carboxylic acid groups (broad SMARTS) is 1. The van der Waals surface area contributed by atoms with E-state index in [9.17, 15) is 27.6 Å². The third-order valence-electron chi connectivity index (χ3n) is 3.25. The molecule has 6 nitrogen and oxygen atoms in total. The maximum atomic E-state index is 12.2. The van der Waals surface area contributed by atoms with Crippen LogP contribution < -0.4 is 10.6 Å². The number of aliphatic carboxylic acids is 1. The summed E-state index contributed by atoms with van der Waals surface area (Å²) in [5.41, 5.74) is 2.12. The van der Waals surface area contributed by atoms with Gasteiger partial charge in [-0.25, -0.2) is 4.79 Å². The second-order valence-electron chi connectivity index (χ2n) is 5.26. The van der Waals surface area contributed by atoms with Crippen LogP contribution in [0.25, 0.3) is 0 Å². The van der Waals surface area contributed by atoms with Crippen LogP contribution in [0.15, 0.2) is 18.2 Å². The Hall–Kier alpha value is -2.58. The minimum atomic E-state index is -4.74. The lowest BCUT2D eigenvalue weighted by Crippen LogP contribution is -2.47. The number of hydrogen-bond acceptors (Lipinski definition) is 3. The smallest absolute Gasteiger partial charge is 0.391 e. The predicted octanol–water partition coefficient (Wildman–Crippen LogP) is 1.56. The van der Waals surface area contributed by atoms with Crippen molar-refractivity contribution < 1.29 is 32.7 Å². The Bertz CT molecular complexity index is 644. The molecule has 0 radical (unpaired) electrons. The van der Waals surface area contributed by atoms with Gasteiger partial charge in [0.1, 0.15) is 6.04 Å². The molecule has 0 fully saturated rings. The Kier molecular flexibility index (Phi) is 6.33. The molecule has 1 aromatic rings. The summed E-state index contributed by atoms with van der Waals surface area (Å²) in [5, 5.41) is 12.6. The molecule has 0 bridgehead atoms. The van der Waals surface area contributed by atoms with E-state index in [0.29, 0.717) is 0 Å². The van der Waals surface area contributed by atoms with Gasteiger partial charge in [0, 0.05) is 5.56 Å². The maximum absolute atomic E-state index is 12.2. The lowest BCUT2D eigenvalue weighted by molar-refractivity contribution is -0.159. The summed E-state index contributed by atoms with van der Waals surface area (Å²) in [7, 11) is 0. The summed E-state index contributed by atoms with van der Waals surface area (Å²) in [6.07, 6.45) is -6.43. The third-order valence-corrected chi connectivity index (χ3v) is 3.25. The lowest BCUT2D eigenvalue weighted by atomic mass is 10.1. The van der Waals surface area contributed by atoms with E-state index in [4.69, 9.17) is 5.11 Å². The third kappa shape index (κ3) is 6.27. The van der Waals surface area contributed by atoms with Gasteiger partial charge in [-0.3, -0.25) is 9.59 Å². The minimum absolute atomic E-state index is 0.288. The molecule has 9 heteroatoms. The molecule has 2 amide bonds. The molecule has 1 atom stereocenters. The van der Waals surface area contributed by atoms with Crippen LogP contribution in [0.5, 0.6) is 0 Å². The van der Waals surface area contributed by atoms with Crippen molar-refractivity contribution in [3.8, 4) is 0 Å². The van der Waals surface area contributed by atoms with E-state index in [-0.39, 0.29) is 5.56 Å². The molecule has 0 aromatic heterocycles. The molecule has 0 aliphatic rings. The molecule has 0 heterocycles. The van der Waals surface area contributed by atoms with E-state index in [2.05, 4.69) is 5.32 Å². The van der Waals surface area contributed by atoms with E-state index in [0.717, 1.165) is 11.1 Å². The van der Waals surface area contributed by atoms with Gasteiger partial charge in [0.15, 0.2) is 0 Å². The van der Waals surface area contributed by atoms with Gasteiger partial charge >= 0.3 is 12.1 Å². The first kappa shape index (κ1) is 19.5. The highest BCUT2D eigenvalue weighted by molar-refractivity contribution is 5.97. The van der Waals surface area contributed by atoms with E-state index in [1.54, 1.807) is 30.4 Å². The summed E-state index contributed by atoms with van der Waals surface area (Å²) in [4.78, 5) is 34.2. The number of nitrogens with one attached hydrogen (secondary N) is 2. The number of amides is 2.